The highest BCUT2D eigenvalue weighted by molar-refractivity contribution is 5.84. The van der Waals surface area contributed by atoms with Crippen molar-refractivity contribution < 1.29 is 18.0 Å². The molecule has 0 radical (unpaired) electrons. The first-order valence-corrected chi connectivity index (χ1v) is 11.2. The number of hydrogen-bond acceptors (Lipinski definition) is 9. The van der Waals surface area contributed by atoms with Gasteiger partial charge in [-0.15, -0.1) is 5.10 Å². The normalized spacial score (nSPS) is 19.4. The summed E-state index contributed by atoms with van der Waals surface area (Å²) in [6, 6.07) is 2.87. The number of nitrogens with zero attached hydrogens (tertiary/aromatic N) is 7. The van der Waals surface area contributed by atoms with E-state index in [-0.39, 0.29) is 35.5 Å². The Bertz CT molecular complexity index is 1180. The molecule has 1 spiro atoms. The van der Waals surface area contributed by atoms with Crippen LogP contribution in [0.5, 0.6) is 0 Å². The lowest BCUT2D eigenvalue weighted by Crippen LogP contribution is -2.64. The van der Waals surface area contributed by atoms with Crippen LogP contribution in [0.2, 0.25) is 0 Å². The van der Waals surface area contributed by atoms with Gasteiger partial charge < -0.3 is 20.4 Å². The fourth-order valence-corrected chi connectivity index (χ4v) is 4.72. The van der Waals surface area contributed by atoms with Crippen molar-refractivity contribution >= 4 is 23.6 Å². The molecule has 0 unspecified atom stereocenters. The Balaban J connectivity index is 1.18. The number of nitrogens with two attached hydrogens (primary N) is 1. The Morgan fingerprint density at radius 1 is 1.29 bits per heavy atom. The minimum absolute atomic E-state index is 0.0263. The second-order valence-electron chi connectivity index (χ2n) is 9.44. The molecule has 1 atom stereocenters. The molecule has 0 bridgehead atoms. The lowest BCUT2D eigenvalue weighted by Gasteiger charge is -2.54. The molecule has 3 aromatic rings. The number of aromatic nitrogens is 5. The summed E-state index contributed by atoms with van der Waals surface area (Å²) in [7, 11) is 0. The average Bonchev–Trinajstić information content (AvgIpc) is 3.41. The Hall–Kier alpha value is -3.35. The topological polar surface area (TPSA) is 131 Å². The van der Waals surface area contributed by atoms with Crippen molar-refractivity contribution in [3.8, 4) is 11.6 Å². The van der Waals surface area contributed by atoms with Crippen LogP contribution in [0.1, 0.15) is 26.7 Å². The SMILES string of the molecule is C[C@H](Nc1nc(N)n2nc(-c3ccco3)nc2n1)C(=O)N1CC2(CCN(CC(C)(F)F)CC2)C1. The molecule has 2 aliphatic rings. The Morgan fingerprint density at radius 2 is 2.03 bits per heavy atom. The number of rotatable bonds is 6. The van der Waals surface area contributed by atoms with Crippen LogP contribution >= 0.6 is 0 Å². The standard InChI is InChI=1S/C21H27F2N9O2/c1-13(16(33)31-11-21(12-31)5-7-30(8-6-21)10-20(2,22)23)25-18-27-17(24)32-19(28-18)26-15(29-32)14-4-3-9-34-14/h3-4,9,13H,5-8,10-12H2,1-2H3,(H3,24,25,26,27,28,29)/t13-/m0/s1. The molecular formula is C21H27F2N9O2. The van der Waals surface area contributed by atoms with Gasteiger partial charge in [-0.1, -0.05) is 0 Å². The third kappa shape index (κ3) is 4.39. The van der Waals surface area contributed by atoms with Crippen molar-refractivity contribution in [3.05, 3.63) is 18.4 Å². The third-order valence-corrected chi connectivity index (χ3v) is 6.47. The van der Waals surface area contributed by atoms with E-state index in [0.717, 1.165) is 19.8 Å². The number of nitrogens with one attached hydrogen (secondary N) is 1. The lowest BCUT2D eigenvalue weighted by molar-refractivity contribution is -0.148. The van der Waals surface area contributed by atoms with Gasteiger partial charge in [0.2, 0.25) is 23.6 Å². The molecule has 3 aromatic heterocycles. The van der Waals surface area contributed by atoms with E-state index in [1.54, 1.807) is 28.9 Å². The predicted octanol–water partition coefficient (Wildman–Crippen LogP) is 1.74. The van der Waals surface area contributed by atoms with Gasteiger partial charge in [-0.05, 0) is 45.0 Å². The highest BCUT2D eigenvalue weighted by Gasteiger charge is 2.47. The summed E-state index contributed by atoms with van der Waals surface area (Å²) in [6.07, 6.45) is 3.15. The molecule has 34 heavy (non-hydrogen) atoms. The minimum Gasteiger partial charge on any atom is -0.461 e. The summed E-state index contributed by atoms with van der Waals surface area (Å²) in [5.74, 6) is -1.48. The van der Waals surface area contributed by atoms with Crippen LogP contribution in [-0.2, 0) is 4.79 Å². The molecule has 2 aliphatic heterocycles. The molecule has 2 fully saturated rings. The molecule has 2 saturated heterocycles. The van der Waals surface area contributed by atoms with Gasteiger partial charge in [-0.3, -0.25) is 9.69 Å². The Morgan fingerprint density at radius 3 is 2.68 bits per heavy atom. The van der Waals surface area contributed by atoms with Crippen LogP contribution in [0.15, 0.2) is 22.8 Å². The maximum absolute atomic E-state index is 13.3. The van der Waals surface area contributed by atoms with Gasteiger partial charge in [0.05, 0.1) is 12.8 Å². The average molecular weight is 476 g/mol. The van der Waals surface area contributed by atoms with Crippen molar-refractivity contribution in [2.24, 2.45) is 5.41 Å². The molecule has 5 heterocycles. The van der Waals surface area contributed by atoms with Gasteiger partial charge in [0.25, 0.3) is 11.7 Å². The zero-order chi connectivity index (χ0) is 24.1. The lowest BCUT2D eigenvalue weighted by atomic mass is 9.71. The highest BCUT2D eigenvalue weighted by Crippen LogP contribution is 2.41. The van der Waals surface area contributed by atoms with Gasteiger partial charge in [0, 0.05) is 25.4 Å². The van der Waals surface area contributed by atoms with Crippen molar-refractivity contribution in [1.82, 2.24) is 34.4 Å². The van der Waals surface area contributed by atoms with E-state index in [2.05, 4.69) is 25.4 Å². The number of alkyl halides is 2. The largest absolute Gasteiger partial charge is 0.461 e. The van der Waals surface area contributed by atoms with Crippen LogP contribution in [0.4, 0.5) is 20.7 Å². The fourth-order valence-electron chi connectivity index (χ4n) is 4.72. The number of hydrogen-bond donors (Lipinski definition) is 2. The van der Waals surface area contributed by atoms with Crippen molar-refractivity contribution in [3.63, 3.8) is 0 Å². The Kier molecular flexibility index (Phi) is 5.38. The van der Waals surface area contributed by atoms with Gasteiger partial charge in [-0.2, -0.15) is 19.5 Å². The van der Waals surface area contributed by atoms with E-state index in [9.17, 15) is 13.6 Å². The second kappa shape index (κ2) is 8.15. The van der Waals surface area contributed by atoms with Crippen LogP contribution in [0.3, 0.4) is 0 Å². The van der Waals surface area contributed by atoms with Crippen LogP contribution in [-0.4, -0.2) is 85.0 Å². The second-order valence-corrected chi connectivity index (χ2v) is 9.44. The molecule has 0 aliphatic carbocycles. The number of fused-ring (bicyclic) bond motifs is 1. The van der Waals surface area contributed by atoms with Gasteiger partial charge >= 0.3 is 0 Å². The predicted molar refractivity (Wildman–Crippen MR) is 119 cm³/mol. The van der Waals surface area contributed by atoms with Gasteiger partial charge in [0.1, 0.15) is 6.04 Å². The van der Waals surface area contributed by atoms with E-state index in [0.29, 0.717) is 37.8 Å². The van der Waals surface area contributed by atoms with E-state index >= 15 is 0 Å². The first-order valence-electron chi connectivity index (χ1n) is 11.2. The number of piperidine rings is 1. The Labute approximate surface area is 194 Å². The third-order valence-electron chi connectivity index (χ3n) is 6.47. The molecule has 5 rings (SSSR count). The van der Waals surface area contributed by atoms with Crippen LogP contribution in [0, 0.1) is 5.41 Å². The molecule has 0 saturated carbocycles. The zero-order valence-electron chi connectivity index (χ0n) is 19.0. The first-order chi connectivity index (χ1) is 16.1. The number of likely N-dealkylation sites (tertiary alicyclic amines) is 2. The van der Waals surface area contributed by atoms with Crippen LogP contribution < -0.4 is 11.1 Å². The summed E-state index contributed by atoms with van der Waals surface area (Å²) in [4.78, 5) is 29.4. The summed E-state index contributed by atoms with van der Waals surface area (Å²) < 4.78 is 33.2. The van der Waals surface area contributed by atoms with E-state index in [1.165, 1.54) is 10.8 Å². The van der Waals surface area contributed by atoms with Gasteiger partial charge in [0.15, 0.2) is 5.76 Å². The first kappa shape index (κ1) is 22.4. The monoisotopic (exact) mass is 475 g/mol. The number of anilines is 2. The van der Waals surface area contributed by atoms with Crippen molar-refractivity contribution in [2.75, 3.05) is 43.8 Å². The summed E-state index contributed by atoms with van der Waals surface area (Å²) in [5.41, 5.74) is 6.03. The fraction of sp³-hybridized carbons (Fsp3) is 0.571. The quantitative estimate of drug-likeness (QED) is 0.547. The number of nitrogen functional groups attached to an aromatic ring is 1. The van der Waals surface area contributed by atoms with Gasteiger partial charge in [-0.25, -0.2) is 8.78 Å². The smallest absolute Gasteiger partial charge is 0.259 e. The molecule has 0 aromatic carbocycles. The van der Waals surface area contributed by atoms with Crippen LogP contribution in [0.25, 0.3) is 17.4 Å². The number of halogens is 2. The summed E-state index contributed by atoms with van der Waals surface area (Å²) in [6.45, 7) is 5.00. The molecule has 11 nitrogen and oxygen atoms in total. The number of furan rings is 1. The summed E-state index contributed by atoms with van der Waals surface area (Å²) in [5, 5.41) is 7.25. The van der Waals surface area contributed by atoms with E-state index in [1.807, 2.05) is 0 Å². The molecular weight excluding hydrogens is 448 g/mol. The number of carbonyl (C=O) groups excluding carboxylic acids is 1. The van der Waals surface area contributed by atoms with Crippen molar-refractivity contribution in [2.45, 2.75) is 38.7 Å². The zero-order valence-corrected chi connectivity index (χ0v) is 19.0. The van der Waals surface area contributed by atoms with E-state index < -0.39 is 12.0 Å². The maximum Gasteiger partial charge on any atom is 0.259 e. The van der Waals surface area contributed by atoms with Crippen molar-refractivity contribution in [1.29, 1.82) is 0 Å². The van der Waals surface area contributed by atoms with E-state index in [4.69, 9.17) is 10.2 Å². The number of carbonyl (C=O) groups is 1. The molecule has 3 N–H and O–H groups in total. The molecule has 182 valence electrons. The summed E-state index contributed by atoms with van der Waals surface area (Å²) >= 11 is 0. The molecule has 13 heteroatoms. The number of amides is 1. The highest BCUT2D eigenvalue weighted by atomic mass is 19.3. The molecule has 1 amide bonds. The minimum atomic E-state index is -2.69. The maximum atomic E-state index is 13.3.